The minimum absolute atomic E-state index is 0.137. The van der Waals surface area contributed by atoms with E-state index in [9.17, 15) is 8.78 Å². The van der Waals surface area contributed by atoms with Crippen molar-refractivity contribution in [3.05, 3.63) is 23.7 Å². The molecule has 0 fully saturated rings. The highest BCUT2D eigenvalue weighted by atomic mass is 19.2. The van der Waals surface area contributed by atoms with Gasteiger partial charge in [-0.3, -0.25) is 0 Å². The van der Waals surface area contributed by atoms with Crippen LogP contribution in [0.15, 0.2) is 23.1 Å². The summed E-state index contributed by atoms with van der Waals surface area (Å²) < 4.78 is 27.2. The van der Waals surface area contributed by atoms with Crippen LogP contribution in [-0.4, -0.2) is 11.3 Å². The number of aryl methyl sites for hydroxylation is 1. The molecule has 1 aromatic rings. The van der Waals surface area contributed by atoms with Crippen LogP contribution in [0.2, 0.25) is 0 Å². The van der Waals surface area contributed by atoms with Crippen molar-refractivity contribution in [2.24, 2.45) is 12.0 Å². The molecule has 0 amide bonds. The topological polar surface area (TPSA) is 17.3 Å². The standard InChI is InChI=1S/C9H10F2N2/c1-6(10)8(11)7-4-5-13(3)9(7)12-2/h4-5H,2H2,1,3H3/b8-6-. The third-order valence-electron chi connectivity index (χ3n) is 1.73. The lowest BCUT2D eigenvalue weighted by Crippen LogP contribution is -1.84. The first-order valence-electron chi connectivity index (χ1n) is 3.72. The number of aliphatic imine (C=N–C) groups is 1. The summed E-state index contributed by atoms with van der Waals surface area (Å²) >= 11 is 0. The maximum Gasteiger partial charge on any atom is 0.165 e. The van der Waals surface area contributed by atoms with Crippen molar-refractivity contribution in [1.29, 1.82) is 0 Å². The Balaban J connectivity index is 3.31. The summed E-state index contributed by atoms with van der Waals surface area (Å²) in [5.41, 5.74) is 0.137. The van der Waals surface area contributed by atoms with Crippen LogP contribution in [0.4, 0.5) is 14.6 Å². The Hall–Kier alpha value is -1.45. The molecule has 0 atom stereocenters. The molecule has 1 aromatic heterocycles. The number of rotatable bonds is 2. The lowest BCUT2D eigenvalue weighted by Gasteiger charge is -1.99. The van der Waals surface area contributed by atoms with Gasteiger partial charge in [-0.1, -0.05) is 0 Å². The normalized spacial score (nSPS) is 12.6. The first-order valence-corrected chi connectivity index (χ1v) is 3.72. The molecule has 0 spiro atoms. The van der Waals surface area contributed by atoms with Gasteiger partial charge in [0, 0.05) is 13.2 Å². The lowest BCUT2D eigenvalue weighted by molar-refractivity contribution is 0.606. The van der Waals surface area contributed by atoms with Crippen LogP contribution in [0.5, 0.6) is 0 Å². The maximum atomic E-state index is 13.1. The Morgan fingerprint density at radius 1 is 1.54 bits per heavy atom. The molecule has 0 saturated heterocycles. The largest absolute Gasteiger partial charge is 0.336 e. The molecular formula is C9H10F2N2. The zero-order chi connectivity index (χ0) is 10.0. The van der Waals surface area contributed by atoms with Crippen molar-refractivity contribution in [3.63, 3.8) is 0 Å². The van der Waals surface area contributed by atoms with Crippen LogP contribution in [-0.2, 0) is 7.05 Å². The lowest BCUT2D eigenvalue weighted by atomic mass is 10.2. The molecule has 1 rings (SSSR count). The van der Waals surface area contributed by atoms with Crippen LogP contribution < -0.4 is 0 Å². The quantitative estimate of drug-likeness (QED) is 0.629. The highest BCUT2D eigenvalue weighted by Gasteiger charge is 2.12. The highest BCUT2D eigenvalue weighted by molar-refractivity contribution is 5.70. The predicted octanol–water partition coefficient (Wildman–Crippen LogP) is 2.98. The van der Waals surface area contributed by atoms with Crippen molar-refractivity contribution >= 4 is 18.4 Å². The molecular weight excluding hydrogens is 174 g/mol. The third-order valence-corrected chi connectivity index (χ3v) is 1.73. The van der Waals surface area contributed by atoms with E-state index in [-0.39, 0.29) is 5.56 Å². The summed E-state index contributed by atoms with van der Waals surface area (Å²) in [6.45, 7) is 4.35. The minimum Gasteiger partial charge on any atom is -0.336 e. The monoisotopic (exact) mass is 184 g/mol. The molecule has 4 heteroatoms. The Morgan fingerprint density at radius 3 is 2.62 bits per heavy atom. The number of hydrogen-bond acceptors (Lipinski definition) is 1. The van der Waals surface area contributed by atoms with E-state index in [1.54, 1.807) is 17.8 Å². The number of allylic oxidation sites excluding steroid dienone is 1. The molecule has 0 radical (unpaired) electrons. The molecule has 1 heterocycles. The van der Waals surface area contributed by atoms with Crippen LogP contribution in [0, 0.1) is 0 Å². The molecule has 0 aliphatic carbocycles. The van der Waals surface area contributed by atoms with Gasteiger partial charge in [-0.15, -0.1) is 0 Å². The highest BCUT2D eigenvalue weighted by Crippen LogP contribution is 2.30. The Bertz CT molecular complexity index is 360. The van der Waals surface area contributed by atoms with Gasteiger partial charge in [0.1, 0.15) is 11.6 Å². The van der Waals surface area contributed by atoms with E-state index in [2.05, 4.69) is 11.7 Å². The minimum atomic E-state index is -0.886. The second-order valence-electron chi connectivity index (χ2n) is 2.67. The van der Waals surface area contributed by atoms with Gasteiger partial charge < -0.3 is 4.57 Å². The second-order valence-corrected chi connectivity index (χ2v) is 2.67. The SMILES string of the molecule is C=Nc1c(/C(F)=C(\C)F)ccn1C. The fraction of sp³-hybridized carbons (Fsp3) is 0.222. The van der Waals surface area contributed by atoms with Crippen molar-refractivity contribution < 1.29 is 8.78 Å². The zero-order valence-electron chi connectivity index (χ0n) is 7.51. The number of nitrogens with zero attached hydrogens (tertiary/aromatic N) is 2. The van der Waals surface area contributed by atoms with Crippen LogP contribution in [0.1, 0.15) is 12.5 Å². The summed E-state index contributed by atoms with van der Waals surface area (Å²) in [5, 5.41) is 0. The molecule has 70 valence electrons. The Labute approximate surface area is 75.2 Å². The van der Waals surface area contributed by atoms with Gasteiger partial charge in [-0.25, -0.2) is 13.8 Å². The molecule has 0 unspecified atom stereocenters. The molecule has 2 nitrogen and oxygen atoms in total. The van der Waals surface area contributed by atoms with Gasteiger partial charge in [0.2, 0.25) is 0 Å². The van der Waals surface area contributed by atoms with Crippen LogP contribution in [0.3, 0.4) is 0 Å². The number of aromatic nitrogens is 1. The summed E-state index contributed by atoms with van der Waals surface area (Å²) in [4.78, 5) is 3.61. The molecule has 0 N–H and O–H groups in total. The van der Waals surface area contributed by atoms with E-state index in [1.165, 1.54) is 6.07 Å². The van der Waals surface area contributed by atoms with E-state index in [0.29, 0.717) is 5.82 Å². The van der Waals surface area contributed by atoms with Crippen LogP contribution in [0.25, 0.3) is 5.83 Å². The first kappa shape index (κ1) is 9.64. The van der Waals surface area contributed by atoms with E-state index < -0.39 is 11.7 Å². The van der Waals surface area contributed by atoms with Gasteiger partial charge in [-0.05, 0) is 19.7 Å². The molecule has 0 aliphatic heterocycles. The molecule has 0 aliphatic rings. The smallest absolute Gasteiger partial charge is 0.165 e. The van der Waals surface area contributed by atoms with Crippen molar-refractivity contribution in [1.82, 2.24) is 4.57 Å². The fourth-order valence-electron chi connectivity index (χ4n) is 1.08. The molecule has 13 heavy (non-hydrogen) atoms. The van der Waals surface area contributed by atoms with Crippen molar-refractivity contribution in [2.45, 2.75) is 6.92 Å². The molecule has 0 bridgehead atoms. The van der Waals surface area contributed by atoms with Crippen LogP contribution >= 0.6 is 0 Å². The number of hydrogen-bond donors (Lipinski definition) is 0. The summed E-state index contributed by atoms with van der Waals surface area (Å²) in [5.74, 6) is -1.41. The van der Waals surface area contributed by atoms with Gasteiger partial charge in [0.15, 0.2) is 5.83 Å². The zero-order valence-corrected chi connectivity index (χ0v) is 7.51. The third kappa shape index (κ3) is 1.66. The molecule has 0 saturated carbocycles. The molecule has 0 aromatic carbocycles. The summed E-state index contributed by atoms with van der Waals surface area (Å²) in [6, 6.07) is 1.46. The van der Waals surface area contributed by atoms with E-state index in [0.717, 1.165) is 6.92 Å². The Kier molecular flexibility index (Phi) is 2.60. The van der Waals surface area contributed by atoms with Gasteiger partial charge in [0.05, 0.1) is 5.56 Å². The fourth-order valence-corrected chi connectivity index (χ4v) is 1.08. The summed E-state index contributed by atoms with van der Waals surface area (Å²) in [7, 11) is 1.69. The average molecular weight is 184 g/mol. The Morgan fingerprint density at radius 2 is 2.15 bits per heavy atom. The van der Waals surface area contributed by atoms with Crippen molar-refractivity contribution in [3.8, 4) is 0 Å². The maximum absolute atomic E-state index is 13.1. The van der Waals surface area contributed by atoms with Crippen molar-refractivity contribution in [2.75, 3.05) is 0 Å². The van der Waals surface area contributed by atoms with Gasteiger partial charge in [-0.2, -0.15) is 0 Å². The second kappa shape index (κ2) is 3.51. The van der Waals surface area contributed by atoms with E-state index >= 15 is 0 Å². The van der Waals surface area contributed by atoms with E-state index in [1.807, 2.05) is 0 Å². The van der Waals surface area contributed by atoms with E-state index in [4.69, 9.17) is 0 Å². The van der Waals surface area contributed by atoms with Gasteiger partial charge in [0.25, 0.3) is 0 Å². The number of halogens is 2. The average Bonchev–Trinajstić information content (AvgIpc) is 2.45. The van der Waals surface area contributed by atoms with Gasteiger partial charge >= 0.3 is 0 Å². The first-order chi connectivity index (χ1) is 6.07. The predicted molar refractivity (Wildman–Crippen MR) is 49.4 cm³/mol. The summed E-state index contributed by atoms with van der Waals surface area (Å²) in [6.07, 6.45) is 1.60.